The normalized spacial score (nSPS) is 19.8. The maximum Gasteiger partial charge on any atom is 0.319 e. The monoisotopic (exact) mass is 333 g/mol. The second-order valence-electron chi connectivity index (χ2n) is 5.48. The molecule has 24 heavy (non-hydrogen) atoms. The number of aliphatic hydroxyl groups is 1. The predicted molar refractivity (Wildman–Crippen MR) is 84.6 cm³/mol. The molecule has 0 aromatic heterocycles. The van der Waals surface area contributed by atoms with Crippen molar-refractivity contribution in [2.24, 2.45) is 0 Å². The summed E-state index contributed by atoms with van der Waals surface area (Å²) in [5.41, 5.74) is 1.64. The van der Waals surface area contributed by atoms with E-state index in [4.69, 9.17) is 14.6 Å². The number of hydrogen-bond acceptors (Lipinski definition) is 5. The molecule has 1 atom stereocenters. The third-order valence-corrected chi connectivity index (χ3v) is 4.14. The van der Waals surface area contributed by atoms with E-state index in [1.54, 1.807) is 25.3 Å². The van der Waals surface area contributed by atoms with Gasteiger partial charge in [-0.1, -0.05) is 0 Å². The minimum atomic E-state index is -0.644. The largest absolute Gasteiger partial charge is 0.497 e. The third-order valence-electron chi connectivity index (χ3n) is 4.14. The SMILES string of the molecule is COc1ccc(OC)c(C2NC(=O)NC3=C2C(=O)N(CCO)C3)c1. The number of nitrogens with one attached hydrogen (secondary N) is 2. The molecule has 2 heterocycles. The molecular weight excluding hydrogens is 314 g/mol. The number of β-amino-alcohol motifs (C(OH)–C–C–N with tert-alkyl or cyclic N) is 1. The van der Waals surface area contributed by atoms with Crippen molar-refractivity contribution >= 4 is 11.9 Å². The molecule has 1 aromatic carbocycles. The highest BCUT2D eigenvalue weighted by molar-refractivity contribution is 6.01. The maximum absolute atomic E-state index is 12.7. The fourth-order valence-corrected chi connectivity index (χ4v) is 3.03. The minimum Gasteiger partial charge on any atom is -0.497 e. The van der Waals surface area contributed by atoms with Crippen LogP contribution in [0.25, 0.3) is 0 Å². The van der Waals surface area contributed by atoms with Gasteiger partial charge in [0.05, 0.1) is 44.7 Å². The Morgan fingerprint density at radius 2 is 2.08 bits per heavy atom. The van der Waals surface area contributed by atoms with Crippen molar-refractivity contribution < 1.29 is 24.2 Å². The van der Waals surface area contributed by atoms with Crippen LogP contribution in [0.5, 0.6) is 11.5 Å². The molecule has 0 fully saturated rings. The molecule has 1 unspecified atom stereocenters. The highest BCUT2D eigenvalue weighted by atomic mass is 16.5. The van der Waals surface area contributed by atoms with Crippen LogP contribution in [0.3, 0.4) is 0 Å². The summed E-state index contributed by atoms with van der Waals surface area (Å²) in [5, 5.41) is 14.6. The standard InChI is InChI=1S/C16H19N3O5/c1-23-9-3-4-12(24-2)10(7-9)14-13-11(17-16(22)18-14)8-19(5-6-20)15(13)21/h3-4,7,14,20H,5-6,8H2,1-2H3,(H2,17,18,22). The van der Waals surface area contributed by atoms with E-state index < -0.39 is 6.04 Å². The molecule has 0 aliphatic carbocycles. The van der Waals surface area contributed by atoms with Crippen molar-refractivity contribution in [3.63, 3.8) is 0 Å². The molecule has 3 rings (SSSR count). The number of benzene rings is 1. The van der Waals surface area contributed by atoms with Gasteiger partial charge in [-0.2, -0.15) is 0 Å². The van der Waals surface area contributed by atoms with Crippen LogP contribution in [0.4, 0.5) is 4.79 Å². The van der Waals surface area contributed by atoms with Gasteiger partial charge in [0, 0.05) is 12.1 Å². The Morgan fingerprint density at radius 1 is 1.29 bits per heavy atom. The lowest BCUT2D eigenvalue weighted by molar-refractivity contribution is -0.126. The molecule has 0 saturated carbocycles. The van der Waals surface area contributed by atoms with Crippen LogP contribution >= 0.6 is 0 Å². The van der Waals surface area contributed by atoms with Gasteiger partial charge in [0.15, 0.2) is 0 Å². The van der Waals surface area contributed by atoms with Gasteiger partial charge < -0.3 is 30.1 Å². The number of aliphatic hydroxyl groups excluding tert-OH is 1. The summed E-state index contributed by atoms with van der Waals surface area (Å²) in [7, 11) is 3.07. The molecule has 8 nitrogen and oxygen atoms in total. The van der Waals surface area contributed by atoms with Gasteiger partial charge >= 0.3 is 6.03 Å². The number of urea groups is 1. The topological polar surface area (TPSA) is 100 Å². The maximum atomic E-state index is 12.7. The summed E-state index contributed by atoms with van der Waals surface area (Å²) in [5.74, 6) is 0.920. The first kappa shape index (κ1) is 16.1. The summed E-state index contributed by atoms with van der Waals surface area (Å²) < 4.78 is 10.6. The van der Waals surface area contributed by atoms with Crippen LogP contribution in [0.1, 0.15) is 11.6 Å². The van der Waals surface area contributed by atoms with E-state index in [9.17, 15) is 9.59 Å². The van der Waals surface area contributed by atoms with Gasteiger partial charge in [0.2, 0.25) is 0 Å². The molecule has 3 N–H and O–H groups in total. The van der Waals surface area contributed by atoms with Crippen LogP contribution in [0, 0.1) is 0 Å². The van der Waals surface area contributed by atoms with Crippen molar-refractivity contribution in [3.8, 4) is 11.5 Å². The summed E-state index contributed by atoms with van der Waals surface area (Å²) in [6, 6.07) is 4.18. The van der Waals surface area contributed by atoms with Crippen LogP contribution in [0.2, 0.25) is 0 Å². The van der Waals surface area contributed by atoms with Crippen LogP contribution in [-0.4, -0.2) is 55.9 Å². The Bertz CT molecular complexity index is 716. The lowest BCUT2D eigenvalue weighted by Crippen LogP contribution is -2.44. The van der Waals surface area contributed by atoms with E-state index in [1.807, 2.05) is 0 Å². The zero-order valence-electron chi connectivity index (χ0n) is 13.5. The zero-order valence-corrected chi connectivity index (χ0v) is 13.5. The lowest BCUT2D eigenvalue weighted by Gasteiger charge is -2.27. The molecule has 2 aliphatic rings. The van der Waals surface area contributed by atoms with Crippen LogP contribution in [0.15, 0.2) is 29.5 Å². The Labute approximate surface area is 139 Å². The highest BCUT2D eigenvalue weighted by Gasteiger charge is 2.41. The molecule has 2 aliphatic heterocycles. The highest BCUT2D eigenvalue weighted by Crippen LogP contribution is 2.38. The number of ether oxygens (including phenoxy) is 2. The minimum absolute atomic E-state index is 0.138. The molecule has 0 spiro atoms. The number of carbonyl (C=O) groups excluding carboxylic acids is 2. The first-order chi connectivity index (χ1) is 11.6. The average molecular weight is 333 g/mol. The van der Waals surface area contributed by atoms with E-state index in [-0.39, 0.29) is 31.6 Å². The van der Waals surface area contributed by atoms with Gasteiger partial charge in [-0.15, -0.1) is 0 Å². The molecule has 0 bridgehead atoms. The fraction of sp³-hybridized carbons (Fsp3) is 0.375. The molecule has 0 radical (unpaired) electrons. The molecular formula is C16H19N3O5. The summed E-state index contributed by atoms with van der Waals surface area (Å²) >= 11 is 0. The number of amides is 3. The van der Waals surface area contributed by atoms with Crippen molar-refractivity contribution in [3.05, 3.63) is 35.0 Å². The van der Waals surface area contributed by atoms with Gasteiger partial charge in [-0.3, -0.25) is 4.79 Å². The summed E-state index contributed by atoms with van der Waals surface area (Å²) in [6.45, 7) is 0.343. The van der Waals surface area contributed by atoms with Crippen molar-refractivity contribution in [2.45, 2.75) is 6.04 Å². The second kappa shape index (κ2) is 6.40. The first-order valence-corrected chi connectivity index (χ1v) is 7.51. The Balaban J connectivity index is 2.05. The van der Waals surface area contributed by atoms with Crippen molar-refractivity contribution in [2.75, 3.05) is 33.9 Å². The van der Waals surface area contributed by atoms with E-state index >= 15 is 0 Å². The number of hydrogen-bond donors (Lipinski definition) is 3. The zero-order chi connectivity index (χ0) is 17.3. The van der Waals surface area contributed by atoms with Gasteiger partial charge in [0.1, 0.15) is 11.5 Å². The third kappa shape index (κ3) is 2.65. The van der Waals surface area contributed by atoms with E-state index in [1.165, 1.54) is 12.0 Å². The molecule has 128 valence electrons. The quantitative estimate of drug-likeness (QED) is 0.712. The van der Waals surface area contributed by atoms with Crippen LogP contribution in [-0.2, 0) is 4.79 Å². The summed E-state index contributed by atoms with van der Waals surface area (Å²) in [6.07, 6.45) is 0. The summed E-state index contributed by atoms with van der Waals surface area (Å²) in [4.78, 5) is 26.2. The first-order valence-electron chi connectivity index (χ1n) is 7.51. The molecule has 8 heteroatoms. The molecule has 3 amide bonds. The number of rotatable bonds is 5. The molecule has 0 saturated heterocycles. The smallest absolute Gasteiger partial charge is 0.319 e. The van der Waals surface area contributed by atoms with Crippen LogP contribution < -0.4 is 20.1 Å². The molecule has 1 aromatic rings. The van der Waals surface area contributed by atoms with Crippen molar-refractivity contribution in [1.82, 2.24) is 15.5 Å². The Hall–Kier alpha value is -2.74. The average Bonchev–Trinajstić information content (AvgIpc) is 2.89. The van der Waals surface area contributed by atoms with E-state index in [0.29, 0.717) is 28.3 Å². The Morgan fingerprint density at radius 3 is 2.75 bits per heavy atom. The predicted octanol–water partition coefficient (Wildman–Crippen LogP) is 0.146. The van der Waals surface area contributed by atoms with E-state index in [0.717, 1.165) is 0 Å². The van der Waals surface area contributed by atoms with Gasteiger partial charge in [-0.25, -0.2) is 4.79 Å². The fourth-order valence-electron chi connectivity index (χ4n) is 3.03. The second-order valence-corrected chi connectivity index (χ2v) is 5.48. The number of nitrogens with zero attached hydrogens (tertiary/aromatic N) is 1. The van der Waals surface area contributed by atoms with Gasteiger partial charge in [0.25, 0.3) is 5.91 Å². The number of carbonyl (C=O) groups is 2. The Kier molecular flexibility index (Phi) is 4.30. The lowest BCUT2D eigenvalue weighted by atomic mass is 9.95. The van der Waals surface area contributed by atoms with E-state index in [2.05, 4.69) is 10.6 Å². The van der Waals surface area contributed by atoms with Gasteiger partial charge in [-0.05, 0) is 18.2 Å². The van der Waals surface area contributed by atoms with Crippen molar-refractivity contribution in [1.29, 1.82) is 0 Å². The number of methoxy groups -OCH3 is 2.